The van der Waals surface area contributed by atoms with Crippen LogP contribution in [0.25, 0.3) is 22.8 Å². The molecule has 0 unspecified atom stereocenters. The van der Waals surface area contributed by atoms with Crippen molar-refractivity contribution < 1.29 is 18.7 Å². The Hall–Kier alpha value is -3.75. The fourth-order valence-corrected chi connectivity index (χ4v) is 5.87. The smallest absolute Gasteiger partial charge is 0.256 e. The number of carbonyl (C=O) groups excluding carboxylic acids is 2. The molecule has 2 aromatic carbocycles. The maximum atomic E-state index is 14.0. The van der Waals surface area contributed by atoms with Crippen molar-refractivity contribution in [2.24, 2.45) is 0 Å². The van der Waals surface area contributed by atoms with E-state index in [-0.39, 0.29) is 29.8 Å². The number of aromatic nitrogens is 1. The number of morpholine rings is 1. The van der Waals surface area contributed by atoms with Crippen molar-refractivity contribution in [3.63, 3.8) is 0 Å². The molecule has 4 heterocycles. The Kier molecular flexibility index (Phi) is 6.16. The first-order valence-corrected chi connectivity index (χ1v) is 13.1. The van der Waals surface area contributed by atoms with Gasteiger partial charge in [-0.1, -0.05) is 24.3 Å². The lowest BCUT2D eigenvalue weighted by Gasteiger charge is -2.48. The van der Waals surface area contributed by atoms with Crippen LogP contribution >= 0.6 is 0 Å². The molecule has 0 saturated carbocycles. The number of halogens is 1. The van der Waals surface area contributed by atoms with Crippen molar-refractivity contribution in [3.8, 4) is 11.1 Å². The quantitative estimate of drug-likeness (QED) is 0.501. The fourth-order valence-electron chi connectivity index (χ4n) is 5.87. The van der Waals surface area contributed by atoms with E-state index >= 15 is 0 Å². The third kappa shape index (κ3) is 4.44. The van der Waals surface area contributed by atoms with Gasteiger partial charge in [0.1, 0.15) is 5.82 Å². The van der Waals surface area contributed by atoms with E-state index in [0.717, 1.165) is 24.3 Å². The Labute approximate surface area is 221 Å². The highest BCUT2D eigenvalue weighted by Crippen LogP contribution is 2.41. The summed E-state index contributed by atoms with van der Waals surface area (Å²) in [5.41, 5.74) is 5.22. The van der Waals surface area contributed by atoms with Gasteiger partial charge in [-0.25, -0.2) is 4.39 Å². The van der Waals surface area contributed by atoms with Crippen LogP contribution in [0.4, 0.5) is 10.1 Å². The molecule has 196 valence electrons. The lowest BCUT2D eigenvalue weighted by atomic mass is 9.94. The minimum absolute atomic E-state index is 0.0520. The highest BCUT2D eigenvalue weighted by atomic mass is 19.1. The molecule has 2 fully saturated rings. The SMILES string of the molecule is Cc1cc(C(=O)N2CC(N3C[C@@H](C)O[C@@H](C)C3)C2)c(C=C2C(=O)Nc3cccc(-c4cccc(F)c4)c32)[nH]1. The maximum absolute atomic E-state index is 14.0. The molecule has 2 amide bonds. The Morgan fingerprint density at radius 3 is 2.53 bits per heavy atom. The summed E-state index contributed by atoms with van der Waals surface area (Å²) >= 11 is 0. The van der Waals surface area contributed by atoms with Crippen molar-refractivity contribution in [2.75, 3.05) is 31.5 Å². The Morgan fingerprint density at radius 2 is 1.79 bits per heavy atom. The van der Waals surface area contributed by atoms with E-state index in [1.165, 1.54) is 12.1 Å². The van der Waals surface area contributed by atoms with Gasteiger partial charge >= 0.3 is 0 Å². The zero-order valence-electron chi connectivity index (χ0n) is 21.8. The molecule has 0 aliphatic carbocycles. The molecule has 38 heavy (non-hydrogen) atoms. The average molecular weight is 515 g/mol. The van der Waals surface area contributed by atoms with E-state index in [9.17, 15) is 14.0 Å². The second-order valence-electron chi connectivity index (χ2n) is 10.6. The second kappa shape index (κ2) is 9.53. The Balaban J connectivity index is 1.28. The normalized spacial score (nSPS) is 22.9. The average Bonchev–Trinajstić information content (AvgIpc) is 3.36. The number of ether oxygens (including phenoxy) is 1. The van der Waals surface area contributed by atoms with Crippen LogP contribution in [0.5, 0.6) is 0 Å². The predicted octanol–water partition coefficient (Wildman–Crippen LogP) is 4.56. The molecular formula is C30H31FN4O3. The Morgan fingerprint density at radius 1 is 1.05 bits per heavy atom. The third-order valence-electron chi connectivity index (χ3n) is 7.58. The van der Waals surface area contributed by atoms with E-state index < -0.39 is 0 Å². The molecule has 0 spiro atoms. The van der Waals surface area contributed by atoms with Gasteiger partial charge in [-0.05, 0) is 62.2 Å². The highest BCUT2D eigenvalue weighted by molar-refractivity contribution is 6.36. The van der Waals surface area contributed by atoms with Crippen LogP contribution in [0.3, 0.4) is 0 Å². The number of likely N-dealkylation sites (tertiary alicyclic amines) is 1. The van der Waals surface area contributed by atoms with E-state index in [4.69, 9.17) is 4.74 Å². The molecule has 2 N–H and O–H groups in total. The van der Waals surface area contributed by atoms with Crippen LogP contribution in [0.15, 0.2) is 48.5 Å². The van der Waals surface area contributed by atoms with Crippen molar-refractivity contribution in [3.05, 3.63) is 76.9 Å². The lowest BCUT2D eigenvalue weighted by molar-refractivity contribution is -0.110. The zero-order valence-corrected chi connectivity index (χ0v) is 21.8. The Bertz CT molecular complexity index is 1450. The van der Waals surface area contributed by atoms with Crippen LogP contribution in [-0.2, 0) is 9.53 Å². The summed E-state index contributed by atoms with van der Waals surface area (Å²) in [6, 6.07) is 14.0. The monoisotopic (exact) mass is 514 g/mol. The summed E-state index contributed by atoms with van der Waals surface area (Å²) in [7, 11) is 0. The van der Waals surface area contributed by atoms with E-state index in [2.05, 4.69) is 29.0 Å². The van der Waals surface area contributed by atoms with Gasteiger partial charge in [0.2, 0.25) is 0 Å². The van der Waals surface area contributed by atoms with Gasteiger partial charge in [0.25, 0.3) is 11.8 Å². The molecule has 0 radical (unpaired) electrons. The molecular weight excluding hydrogens is 483 g/mol. The van der Waals surface area contributed by atoms with E-state index in [1.54, 1.807) is 12.1 Å². The number of aromatic amines is 1. The minimum atomic E-state index is -0.343. The number of anilines is 1. The van der Waals surface area contributed by atoms with Gasteiger partial charge in [0.15, 0.2) is 0 Å². The number of benzene rings is 2. The number of carbonyl (C=O) groups is 2. The molecule has 1 aromatic heterocycles. The predicted molar refractivity (Wildman–Crippen MR) is 145 cm³/mol. The number of rotatable bonds is 4. The number of hydrogen-bond donors (Lipinski definition) is 2. The first-order valence-electron chi connectivity index (χ1n) is 13.1. The maximum Gasteiger partial charge on any atom is 0.256 e. The topological polar surface area (TPSA) is 77.7 Å². The molecule has 2 atom stereocenters. The zero-order chi connectivity index (χ0) is 26.6. The number of nitrogens with one attached hydrogen (secondary N) is 2. The molecule has 7 nitrogen and oxygen atoms in total. The molecule has 3 aliphatic heterocycles. The summed E-state index contributed by atoms with van der Waals surface area (Å²) in [6.07, 6.45) is 2.12. The van der Waals surface area contributed by atoms with Crippen molar-refractivity contribution in [1.29, 1.82) is 0 Å². The number of H-pyrrole nitrogens is 1. The number of nitrogens with zero attached hydrogens (tertiary/aromatic N) is 2. The number of amides is 2. The van der Waals surface area contributed by atoms with Gasteiger partial charge in [-0.2, -0.15) is 0 Å². The molecule has 8 heteroatoms. The van der Waals surface area contributed by atoms with Crippen LogP contribution in [0, 0.1) is 12.7 Å². The van der Waals surface area contributed by atoms with Gasteiger partial charge in [0.05, 0.1) is 29.0 Å². The first kappa shape index (κ1) is 24.6. The van der Waals surface area contributed by atoms with Crippen LogP contribution in [0.2, 0.25) is 0 Å². The summed E-state index contributed by atoms with van der Waals surface area (Å²) < 4.78 is 19.9. The largest absolute Gasteiger partial charge is 0.373 e. The molecule has 3 aromatic rings. The van der Waals surface area contributed by atoms with E-state index in [0.29, 0.717) is 52.8 Å². The molecule has 2 saturated heterocycles. The van der Waals surface area contributed by atoms with Gasteiger partial charge < -0.3 is 19.9 Å². The summed E-state index contributed by atoms with van der Waals surface area (Å²) in [5, 5.41) is 2.92. The number of fused-ring (bicyclic) bond motifs is 1. The van der Waals surface area contributed by atoms with E-state index in [1.807, 2.05) is 42.2 Å². The van der Waals surface area contributed by atoms with Crippen LogP contribution in [0.1, 0.15) is 41.2 Å². The standard InChI is InChI=1S/C30H31FN4O3/c1-17-10-24(30(37)35-15-22(16-35)34-13-18(2)38-19(3)14-34)27(32-17)12-25-28-23(20-6-4-7-21(31)11-20)8-5-9-26(28)33-29(25)36/h4-12,18-19,22,32H,13-16H2,1-3H3,(H,33,36)/t18-,19+. The number of aryl methyl sites for hydroxylation is 1. The minimum Gasteiger partial charge on any atom is -0.373 e. The van der Waals surface area contributed by atoms with Crippen molar-refractivity contribution in [1.82, 2.24) is 14.8 Å². The third-order valence-corrected chi connectivity index (χ3v) is 7.58. The summed E-state index contributed by atoms with van der Waals surface area (Å²) in [5.74, 6) is -0.650. The number of hydrogen-bond acceptors (Lipinski definition) is 4. The summed E-state index contributed by atoms with van der Waals surface area (Å²) in [4.78, 5) is 34.2. The van der Waals surface area contributed by atoms with Gasteiger partial charge in [-0.3, -0.25) is 14.5 Å². The molecule has 6 rings (SSSR count). The van der Waals surface area contributed by atoms with Gasteiger partial charge in [0, 0.05) is 49.2 Å². The van der Waals surface area contributed by atoms with Gasteiger partial charge in [-0.15, -0.1) is 0 Å². The second-order valence-corrected chi connectivity index (χ2v) is 10.6. The van der Waals surface area contributed by atoms with Crippen LogP contribution < -0.4 is 5.32 Å². The van der Waals surface area contributed by atoms with Crippen LogP contribution in [-0.4, -0.2) is 71.0 Å². The van der Waals surface area contributed by atoms with Crippen molar-refractivity contribution >= 4 is 29.2 Å². The first-order chi connectivity index (χ1) is 18.3. The lowest BCUT2D eigenvalue weighted by Crippen LogP contribution is -2.64. The molecule has 0 bridgehead atoms. The summed E-state index contributed by atoms with van der Waals surface area (Å²) in [6.45, 7) is 9.17. The fraction of sp³-hybridized carbons (Fsp3) is 0.333. The highest BCUT2D eigenvalue weighted by Gasteiger charge is 2.39. The molecule has 3 aliphatic rings. The van der Waals surface area contributed by atoms with Crippen molar-refractivity contribution in [2.45, 2.75) is 39.0 Å².